The summed E-state index contributed by atoms with van der Waals surface area (Å²) in [4.78, 5) is 26.5. The number of hydrogen-bond donors (Lipinski definition) is 2. The van der Waals surface area contributed by atoms with Crippen LogP contribution in [0.1, 0.15) is 18.4 Å². The van der Waals surface area contributed by atoms with Crippen molar-refractivity contribution in [2.45, 2.75) is 19.4 Å². The fourth-order valence-electron chi connectivity index (χ4n) is 3.70. The number of rotatable bonds is 6. The van der Waals surface area contributed by atoms with Crippen LogP contribution in [0.15, 0.2) is 42.5 Å². The Balaban J connectivity index is 1.51. The van der Waals surface area contributed by atoms with Crippen LogP contribution >= 0.6 is 0 Å². The van der Waals surface area contributed by atoms with Crippen molar-refractivity contribution >= 4 is 22.8 Å². The molecule has 144 valence electrons. The Bertz CT molecular complexity index is 800. The Hall–Kier alpha value is -2.60. The lowest BCUT2D eigenvalue weighted by molar-refractivity contribution is -0.121. The molecule has 2 aromatic rings. The maximum absolute atomic E-state index is 11.5. The molecular weight excluding hydrogens is 342 g/mol. The summed E-state index contributed by atoms with van der Waals surface area (Å²) in [7, 11) is 1.52. The lowest BCUT2D eigenvalue weighted by Gasteiger charge is -2.34. The highest BCUT2D eigenvalue weighted by Gasteiger charge is 2.24. The molecule has 1 aliphatic rings. The average Bonchev–Trinajstić information content (AvgIpc) is 2.68. The molecule has 27 heavy (non-hydrogen) atoms. The molecule has 0 atom stereocenters. The molecule has 0 aromatic heterocycles. The summed E-state index contributed by atoms with van der Waals surface area (Å²) in [6.45, 7) is 3.14. The van der Waals surface area contributed by atoms with Gasteiger partial charge in [-0.25, -0.2) is 4.79 Å². The SMILES string of the molecule is CNC(=O)CN(CC1CCN(Cc2ccc3ccccc3c2)CC1)C(=O)O. The molecule has 1 saturated heterocycles. The van der Waals surface area contributed by atoms with Gasteiger partial charge in [0.1, 0.15) is 6.54 Å². The van der Waals surface area contributed by atoms with Crippen LogP contribution in [-0.4, -0.2) is 60.1 Å². The number of piperidine rings is 1. The first kappa shape index (κ1) is 19.2. The predicted molar refractivity (Wildman–Crippen MR) is 106 cm³/mol. The van der Waals surface area contributed by atoms with Crippen molar-refractivity contribution in [2.75, 3.05) is 33.2 Å². The predicted octanol–water partition coefficient (Wildman–Crippen LogP) is 2.78. The lowest BCUT2D eigenvalue weighted by Crippen LogP contribution is -2.44. The number of nitrogens with one attached hydrogen (secondary N) is 1. The van der Waals surface area contributed by atoms with Gasteiger partial charge in [-0.15, -0.1) is 0 Å². The summed E-state index contributed by atoms with van der Waals surface area (Å²) in [5.74, 6) is 0.0322. The molecule has 0 bridgehead atoms. The van der Waals surface area contributed by atoms with Crippen molar-refractivity contribution in [2.24, 2.45) is 5.92 Å². The number of carbonyl (C=O) groups is 2. The number of carboxylic acid groups (broad SMARTS) is 1. The number of fused-ring (bicyclic) bond motifs is 1. The van der Waals surface area contributed by atoms with Gasteiger partial charge < -0.3 is 10.4 Å². The molecule has 1 fully saturated rings. The molecule has 0 aliphatic carbocycles. The van der Waals surface area contributed by atoms with Gasteiger partial charge in [-0.2, -0.15) is 0 Å². The molecular formula is C21H27N3O3. The van der Waals surface area contributed by atoms with Gasteiger partial charge in [-0.05, 0) is 54.3 Å². The molecule has 1 aliphatic heterocycles. The van der Waals surface area contributed by atoms with Gasteiger partial charge in [0.2, 0.25) is 5.91 Å². The fraction of sp³-hybridized carbons (Fsp3) is 0.429. The Labute approximate surface area is 159 Å². The molecule has 3 rings (SSSR count). The van der Waals surface area contributed by atoms with Crippen molar-refractivity contribution in [3.8, 4) is 0 Å². The number of nitrogens with zero attached hydrogens (tertiary/aromatic N) is 2. The van der Waals surface area contributed by atoms with E-state index in [0.29, 0.717) is 12.5 Å². The summed E-state index contributed by atoms with van der Waals surface area (Å²) >= 11 is 0. The molecule has 0 radical (unpaired) electrons. The first-order valence-electron chi connectivity index (χ1n) is 9.43. The van der Waals surface area contributed by atoms with Crippen LogP contribution in [0.2, 0.25) is 0 Å². The van der Waals surface area contributed by atoms with E-state index < -0.39 is 6.09 Å². The standard InChI is InChI=1S/C21H27N3O3/c1-22-20(25)15-24(21(26)27)14-16-8-10-23(11-9-16)13-17-6-7-18-4-2-3-5-19(18)12-17/h2-7,12,16H,8-11,13-15H2,1H3,(H,22,25)(H,26,27). The average molecular weight is 369 g/mol. The number of benzene rings is 2. The summed E-state index contributed by atoms with van der Waals surface area (Å²) in [5.41, 5.74) is 1.30. The molecule has 6 nitrogen and oxygen atoms in total. The summed E-state index contributed by atoms with van der Waals surface area (Å²) in [5, 5.41) is 14.3. The van der Waals surface area contributed by atoms with Crippen LogP contribution in [0.4, 0.5) is 4.79 Å². The molecule has 2 N–H and O–H groups in total. The van der Waals surface area contributed by atoms with Gasteiger partial charge >= 0.3 is 6.09 Å². The van der Waals surface area contributed by atoms with Gasteiger partial charge in [0.25, 0.3) is 0 Å². The molecule has 1 heterocycles. The van der Waals surface area contributed by atoms with Crippen LogP contribution in [0.5, 0.6) is 0 Å². The Morgan fingerprint density at radius 1 is 1.15 bits per heavy atom. The van der Waals surface area contributed by atoms with Crippen LogP contribution in [0, 0.1) is 5.92 Å². The van der Waals surface area contributed by atoms with Gasteiger partial charge in [-0.3, -0.25) is 14.6 Å². The number of likely N-dealkylation sites (N-methyl/N-ethyl adjacent to an activating group) is 1. The smallest absolute Gasteiger partial charge is 0.407 e. The highest BCUT2D eigenvalue weighted by Crippen LogP contribution is 2.22. The van der Waals surface area contributed by atoms with E-state index in [1.54, 1.807) is 0 Å². The summed E-state index contributed by atoms with van der Waals surface area (Å²) < 4.78 is 0. The van der Waals surface area contributed by atoms with E-state index in [1.807, 2.05) is 0 Å². The van der Waals surface area contributed by atoms with E-state index in [0.717, 1.165) is 32.5 Å². The first-order valence-corrected chi connectivity index (χ1v) is 9.43. The van der Waals surface area contributed by atoms with Gasteiger partial charge in [0.05, 0.1) is 0 Å². The summed E-state index contributed by atoms with van der Waals surface area (Å²) in [6, 6.07) is 15.0. The Morgan fingerprint density at radius 3 is 2.52 bits per heavy atom. The van der Waals surface area contributed by atoms with Crippen LogP contribution < -0.4 is 5.32 Å². The lowest BCUT2D eigenvalue weighted by atomic mass is 9.95. The van der Waals surface area contributed by atoms with Crippen molar-refractivity contribution in [3.63, 3.8) is 0 Å². The van der Waals surface area contributed by atoms with Crippen LogP contribution in [0.3, 0.4) is 0 Å². The van der Waals surface area contributed by atoms with E-state index >= 15 is 0 Å². The van der Waals surface area contributed by atoms with Gasteiger partial charge in [-0.1, -0.05) is 36.4 Å². The molecule has 0 saturated carbocycles. The van der Waals surface area contributed by atoms with Crippen molar-refractivity contribution in [1.82, 2.24) is 15.1 Å². The minimum atomic E-state index is -1.03. The number of carbonyl (C=O) groups excluding carboxylic acids is 1. The minimum Gasteiger partial charge on any atom is -0.465 e. The van der Waals surface area contributed by atoms with Crippen molar-refractivity contribution in [1.29, 1.82) is 0 Å². The normalized spacial score (nSPS) is 15.6. The third-order valence-electron chi connectivity index (χ3n) is 5.29. The van der Waals surface area contributed by atoms with E-state index in [-0.39, 0.29) is 12.5 Å². The summed E-state index contributed by atoms with van der Waals surface area (Å²) in [6.07, 6.45) is 0.869. The maximum atomic E-state index is 11.5. The molecule has 0 spiro atoms. The second kappa shape index (κ2) is 8.86. The van der Waals surface area contributed by atoms with E-state index in [2.05, 4.69) is 52.7 Å². The van der Waals surface area contributed by atoms with Crippen molar-refractivity contribution < 1.29 is 14.7 Å². The highest BCUT2D eigenvalue weighted by atomic mass is 16.4. The Kier molecular flexibility index (Phi) is 6.29. The molecule has 2 aromatic carbocycles. The second-order valence-electron chi connectivity index (χ2n) is 7.24. The highest BCUT2D eigenvalue weighted by molar-refractivity contribution is 5.83. The molecule has 6 heteroatoms. The van der Waals surface area contributed by atoms with E-state index in [1.165, 1.54) is 28.3 Å². The molecule has 2 amide bonds. The zero-order valence-corrected chi connectivity index (χ0v) is 15.7. The Morgan fingerprint density at radius 2 is 1.85 bits per heavy atom. The number of hydrogen-bond acceptors (Lipinski definition) is 3. The second-order valence-corrected chi connectivity index (χ2v) is 7.24. The van der Waals surface area contributed by atoms with Gasteiger partial charge in [0, 0.05) is 20.1 Å². The van der Waals surface area contributed by atoms with E-state index in [4.69, 9.17) is 0 Å². The fourth-order valence-corrected chi connectivity index (χ4v) is 3.70. The van der Waals surface area contributed by atoms with E-state index in [9.17, 15) is 14.7 Å². The third kappa shape index (κ3) is 5.20. The zero-order chi connectivity index (χ0) is 19.2. The number of amides is 2. The number of likely N-dealkylation sites (tertiary alicyclic amines) is 1. The first-order chi connectivity index (χ1) is 13.0. The van der Waals surface area contributed by atoms with Crippen molar-refractivity contribution in [3.05, 3.63) is 48.0 Å². The van der Waals surface area contributed by atoms with Gasteiger partial charge in [0.15, 0.2) is 0 Å². The topological polar surface area (TPSA) is 72.9 Å². The van der Waals surface area contributed by atoms with Crippen LogP contribution in [-0.2, 0) is 11.3 Å². The quantitative estimate of drug-likeness (QED) is 0.821. The third-order valence-corrected chi connectivity index (χ3v) is 5.29. The monoisotopic (exact) mass is 369 g/mol. The molecule has 0 unspecified atom stereocenters. The maximum Gasteiger partial charge on any atom is 0.407 e. The van der Waals surface area contributed by atoms with Crippen LogP contribution in [0.25, 0.3) is 10.8 Å². The minimum absolute atomic E-state index is 0.0941. The largest absolute Gasteiger partial charge is 0.465 e. The zero-order valence-electron chi connectivity index (χ0n) is 15.7.